The summed E-state index contributed by atoms with van der Waals surface area (Å²) in [5.41, 5.74) is 0.423. The van der Waals surface area contributed by atoms with Crippen LogP contribution in [-0.2, 0) is 5.41 Å². The van der Waals surface area contributed by atoms with Crippen molar-refractivity contribution in [1.29, 1.82) is 0 Å². The predicted molar refractivity (Wildman–Crippen MR) is 54.7 cm³/mol. The van der Waals surface area contributed by atoms with E-state index in [0.29, 0.717) is 5.56 Å². The second-order valence-electron chi connectivity index (χ2n) is 3.98. The van der Waals surface area contributed by atoms with Gasteiger partial charge >= 0.3 is 0 Å². The molecule has 78 valence electrons. The molecule has 0 aliphatic carbocycles. The van der Waals surface area contributed by atoms with E-state index < -0.39 is 11.6 Å². The van der Waals surface area contributed by atoms with Gasteiger partial charge in [0.25, 0.3) is 0 Å². The quantitative estimate of drug-likeness (QED) is 0.649. The lowest BCUT2D eigenvalue weighted by atomic mass is 9.82. The third-order valence-corrected chi connectivity index (χ3v) is 2.94. The van der Waals surface area contributed by atoms with Crippen LogP contribution in [0.25, 0.3) is 0 Å². The molecule has 0 aliphatic rings. The van der Waals surface area contributed by atoms with E-state index in [4.69, 9.17) is 11.6 Å². The maximum atomic E-state index is 13.0. The number of halogens is 3. The maximum absolute atomic E-state index is 13.0. The van der Waals surface area contributed by atoms with Crippen molar-refractivity contribution in [2.75, 3.05) is 0 Å². The van der Waals surface area contributed by atoms with Gasteiger partial charge in [-0.25, -0.2) is 8.78 Å². The van der Waals surface area contributed by atoms with Crippen molar-refractivity contribution < 1.29 is 8.78 Å². The average Bonchev–Trinajstić information content (AvgIpc) is 2.11. The Hall–Kier alpha value is -0.630. The molecule has 0 radical (unpaired) electrons. The minimum Gasteiger partial charge on any atom is -0.204 e. The molecule has 0 N–H and O–H groups in total. The van der Waals surface area contributed by atoms with E-state index in [1.807, 2.05) is 20.8 Å². The molecular formula is C11H13ClF2. The topological polar surface area (TPSA) is 0 Å². The van der Waals surface area contributed by atoms with Crippen molar-refractivity contribution in [1.82, 2.24) is 0 Å². The van der Waals surface area contributed by atoms with Gasteiger partial charge in [0.2, 0.25) is 0 Å². The first-order chi connectivity index (χ1) is 6.38. The van der Waals surface area contributed by atoms with Gasteiger partial charge in [-0.1, -0.05) is 32.4 Å². The standard InChI is InChI=1S/C11H13ClF2/c1-4-11(2,3)7-5-9(13)10(14)6-8(7)12/h5-6H,4H2,1-3H3. The van der Waals surface area contributed by atoms with E-state index in [1.165, 1.54) is 6.07 Å². The molecular weight excluding hydrogens is 206 g/mol. The van der Waals surface area contributed by atoms with E-state index in [1.54, 1.807) is 0 Å². The highest BCUT2D eigenvalue weighted by Gasteiger charge is 2.22. The summed E-state index contributed by atoms with van der Waals surface area (Å²) < 4.78 is 25.8. The second kappa shape index (κ2) is 3.85. The molecule has 0 bridgehead atoms. The Bertz CT molecular complexity index is 345. The van der Waals surface area contributed by atoms with Crippen molar-refractivity contribution >= 4 is 11.6 Å². The first-order valence-electron chi connectivity index (χ1n) is 4.53. The molecule has 0 atom stereocenters. The van der Waals surface area contributed by atoms with Gasteiger partial charge in [-0.2, -0.15) is 0 Å². The lowest BCUT2D eigenvalue weighted by Gasteiger charge is -2.24. The Morgan fingerprint density at radius 2 is 1.71 bits per heavy atom. The normalized spacial score (nSPS) is 11.9. The molecule has 3 heteroatoms. The Morgan fingerprint density at radius 3 is 2.21 bits per heavy atom. The zero-order valence-electron chi connectivity index (χ0n) is 8.50. The Kier molecular flexibility index (Phi) is 3.15. The summed E-state index contributed by atoms with van der Waals surface area (Å²) in [5, 5.41) is 0.288. The summed E-state index contributed by atoms with van der Waals surface area (Å²) in [6.07, 6.45) is 0.817. The molecule has 1 rings (SSSR count). The minimum atomic E-state index is -0.898. The lowest BCUT2D eigenvalue weighted by molar-refractivity contribution is 0.479. The molecule has 1 aromatic carbocycles. The molecule has 0 aliphatic heterocycles. The molecule has 0 saturated carbocycles. The van der Waals surface area contributed by atoms with Crippen molar-refractivity contribution in [2.45, 2.75) is 32.6 Å². The van der Waals surface area contributed by atoms with Gasteiger partial charge in [0, 0.05) is 5.02 Å². The molecule has 14 heavy (non-hydrogen) atoms. The first-order valence-corrected chi connectivity index (χ1v) is 4.91. The average molecular weight is 219 g/mol. The summed E-state index contributed by atoms with van der Waals surface area (Å²) in [6, 6.07) is 2.21. The van der Waals surface area contributed by atoms with Gasteiger partial charge in [0.05, 0.1) is 0 Å². The molecule has 0 heterocycles. The summed E-state index contributed by atoms with van der Waals surface area (Å²) in [7, 11) is 0. The van der Waals surface area contributed by atoms with Crippen LogP contribution in [0.15, 0.2) is 12.1 Å². The number of hydrogen-bond acceptors (Lipinski definition) is 0. The van der Waals surface area contributed by atoms with Crippen LogP contribution >= 0.6 is 11.6 Å². The molecule has 1 aromatic rings. The monoisotopic (exact) mass is 218 g/mol. The first kappa shape index (κ1) is 11.4. The molecule has 0 saturated heterocycles. The van der Waals surface area contributed by atoms with E-state index in [0.717, 1.165) is 12.5 Å². The predicted octanol–water partition coefficient (Wildman–Crippen LogP) is 4.31. The molecule has 0 fully saturated rings. The summed E-state index contributed by atoms with van der Waals surface area (Å²) in [5.74, 6) is -1.74. The SMILES string of the molecule is CCC(C)(C)c1cc(F)c(F)cc1Cl. The fraction of sp³-hybridized carbons (Fsp3) is 0.455. The Balaban J connectivity index is 3.29. The minimum absolute atomic E-state index is 0.231. The van der Waals surface area contributed by atoms with Crippen molar-refractivity contribution in [3.8, 4) is 0 Å². The van der Waals surface area contributed by atoms with Crippen LogP contribution in [0.5, 0.6) is 0 Å². The highest BCUT2D eigenvalue weighted by molar-refractivity contribution is 6.31. The molecule has 0 spiro atoms. The third kappa shape index (κ3) is 2.06. The van der Waals surface area contributed by atoms with Crippen LogP contribution < -0.4 is 0 Å². The summed E-state index contributed by atoms with van der Waals surface area (Å²) in [6.45, 7) is 5.88. The van der Waals surface area contributed by atoms with Crippen molar-refractivity contribution in [2.24, 2.45) is 0 Å². The lowest BCUT2D eigenvalue weighted by Crippen LogP contribution is -2.16. The van der Waals surface area contributed by atoms with Gasteiger partial charge in [0.1, 0.15) is 0 Å². The fourth-order valence-corrected chi connectivity index (χ4v) is 1.64. The van der Waals surface area contributed by atoms with E-state index in [-0.39, 0.29) is 10.4 Å². The zero-order chi connectivity index (χ0) is 10.9. The molecule has 0 amide bonds. The highest BCUT2D eigenvalue weighted by Crippen LogP contribution is 2.33. The largest absolute Gasteiger partial charge is 0.204 e. The third-order valence-electron chi connectivity index (χ3n) is 2.62. The summed E-state index contributed by atoms with van der Waals surface area (Å²) >= 11 is 5.86. The molecule has 0 unspecified atom stereocenters. The highest BCUT2D eigenvalue weighted by atomic mass is 35.5. The van der Waals surface area contributed by atoms with E-state index >= 15 is 0 Å². The number of benzene rings is 1. The van der Waals surface area contributed by atoms with Crippen LogP contribution in [0.2, 0.25) is 5.02 Å². The Labute approximate surface area is 87.9 Å². The van der Waals surface area contributed by atoms with E-state index in [2.05, 4.69) is 0 Å². The smallest absolute Gasteiger partial charge is 0.160 e. The molecule has 0 nitrogen and oxygen atoms in total. The van der Waals surface area contributed by atoms with Gasteiger partial charge in [-0.3, -0.25) is 0 Å². The van der Waals surface area contributed by atoms with Crippen LogP contribution in [0.4, 0.5) is 8.78 Å². The Morgan fingerprint density at radius 1 is 1.21 bits per heavy atom. The second-order valence-corrected chi connectivity index (χ2v) is 4.39. The maximum Gasteiger partial charge on any atom is 0.160 e. The fourth-order valence-electron chi connectivity index (χ4n) is 1.23. The van der Waals surface area contributed by atoms with E-state index in [9.17, 15) is 8.78 Å². The van der Waals surface area contributed by atoms with Crippen LogP contribution in [0.3, 0.4) is 0 Å². The van der Waals surface area contributed by atoms with Crippen LogP contribution in [0, 0.1) is 11.6 Å². The zero-order valence-corrected chi connectivity index (χ0v) is 9.25. The van der Waals surface area contributed by atoms with Gasteiger partial charge < -0.3 is 0 Å². The van der Waals surface area contributed by atoms with Crippen molar-refractivity contribution in [3.63, 3.8) is 0 Å². The number of rotatable bonds is 2. The van der Waals surface area contributed by atoms with Crippen LogP contribution in [0.1, 0.15) is 32.8 Å². The van der Waals surface area contributed by atoms with Crippen LogP contribution in [-0.4, -0.2) is 0 Å². The molecule has 0 aromatic heterocycles. The van der Waals surface area contributed by atoms with Gasteiger partial charge in [0.15, 0.2) is 11.6 Å². The number of hydrogen-bond donors (Lipinski definition) is 0. The van der Waals surface area contributed by atoms with Crippen molar-refractivity contribution in [3.05, 3.63) is 34.4 Å². The van der Waals surface area contributed by atoms with Gasteiger partial charge in [-0.05, 0) is 29.5 Å². The van der Waals surface area contributed by atoms with Gasteiger partial charge in [-0.15, -0.1) is 0 Å². The summed E-state index contributed by atoms with van der Waals surface area (Å²) in [4.78, 5) is 0.